The van der Waals surface area contributed by atoms with E-state index in [0.29, 0.717) is 6.42 Å². The Morgan fingerprint density at radius 1 is 0.923 bits per heavy atom. The average Bonchev–Trinajstić information content (AvgIpc) is 3.51. The van der Waals surface area contributed by atoms with E-state index in [1.165, 1.54) is 0 Å². The molecule has 204 valence electrons. The highest BCUT2D eigenvalue weighted by Crippen LogP contribution is 2.49. The van der Waals surface area contributed by atoms with Crippen molar-refractivity contribution in [1.29, 1.82) is 0 Å². The fraction of sp³-hybridized carbons (Fsp3) is 0.355. The van der Waals surface area contributed by atoms with Crippen LogP contribution in [0.3, 0.4) is 0 Å². The van der Waals surface area contributed by atoms with Crippen LogP contribution in [0.2, 0.25) is 0 Å². The van der Waals surface area contributed by atoms with Gasteiger partial charge < -0.3 is 24.8 Å². The third-order valence-corrected chi connectivity index (χ3v) is 9.33. The van der Waals surface area contributed by atoms with Crippen LogP contribution in [0.4, 0.5) is 4.79 Å². The van der Waals surface area contributed by atoms with E-state index in [1.807, 2.05) is 83.4 Å². The van der Waals surface area contributed by atoms with Gasteiger partial charge in [0.25, 0.3) is 0 Å². The number of fused-ring (bicyclic) bond motifs is 1. The number of urea groups is 1. The van der Waals surface area contributed by atoms with Crippen LogP contribution in [0.15, 0.2) is 78.9 Å². The lowest BCUT2D eigenvalue weighted by Gasteiger charge is -2.45. The number of carboxylic acid groups (broad SMARTS) is 1. The minimum absolute atomic E-state index is 0.0214. The van der Waals surface area contributed by atoms with Crippen molar-refractivity contribution in [2.24, 2.45) is 0 Å². The predicted molar refractivity (Wildman–Crippen MR) is 153 cm³/mol. The molecule has 0 bridgehead atoms. The van der Waals surface area contributed by atoms with E-state index >= 15 is 0 Å². The second-order valence-corrected chi connectivity index (χ2v) is 11.2. The summed E-state index contributed by atoms with van der Waals surface area (Å²) in [5.74, 6) is 1.53. The first-order chi connectivity index (χ1) is 19.0. The van der Waals surface area contributed by atoms with E-state index in [0.717, 1.165) is 46.8 Å². The Labute approximate surface area is 233 Å². The van der Waals surface area contributed by atoms with Crippen molar-refractivity contribution in [2.75, 3.05) is 20.0 Å². The number of nitrogens with zero attached hydrogens (tertiary/aromatic N) is 1. The zero-order valence-electron chi connectivity index (χ0n) is 22.2. The molecule has 2 aliphatic heterocycles. The van der Waals surface area contributed by atoms with Crippen LogP contribution in [-0.4, -0.2) is 59.3 Å². The molecule has 0 saturated carbocycles. The Hall–Kier alpha value is -3.65. The topological polar surface area (TPSA) is 88.1 Å². The smallest absolute Gasteiger partial charge is 0.319 e. The van der Waals surface area contributed by atoms with Gasteiger partial charge in [-0.3, -0.25) is 4.79 Å². The van der Waals surface area contributed by atoms with Crippen molar-refractivity contribution in [2.45, 2.75) is 48.6 Å². The lowest BCUT2D eigenvalue weighted by molar-refractivity contribution is -0.137. The van der Waals surface area contributed by atoms with Gasteiger partial charge in [-0.15, -0.1) is 0 Å². The van der Waals surface area contributed by atoms with Gasteiger partial charge in [-0.25, -0.2) is 4.79 Å². The van der Waals surface area contributed by atoms with Gasteiger partial charge in [-0.2, -0.15) is 11.8 Å². The van der Waals surface area contributed by atoms with E-state index < -0.39 is 11.5 Å². The van der Waals surface area contributed by atoms with Crippen LogP contribution in [0.1, 0.15) is 42.4 Å². The number of aliphatic carboxylic acids is 1. The van der Waals surface area contributed by atoms with E-state index in [-0.39, 0.29) is 29.8 Å². The molecular weight excluding hydrogens is 512 g/mol. The number of carboxylic acids is 1. The molecule has 2 heterocycles. The zero-order valence-corrected chi connectivity index (χ0v) is 23.0. The number of methoxy groups -OCH3 is 2. The molecule has 3 atom stereocenters. The Morgan fingerprint density at radius 2 is 1.49 bits per heavy atom. The van der Waals surface area contributed by atoms with Crippen molar-refractivity contribution in [3.8, 4) is 11.5 Å². The molecule has 2 aliphatic rings. The van der Waals surface area contributed by atoms with Gasteiger partial charge in [-0.1, -0.05) is 61.0 Å². The molecule has 39 heavy (non-hydrogen) atoms. The summed E-state index contributed by atoms with van der Waals surface area (Å²) in [6.07, 6.45) is 2.52. The Bertz CT molecular complexity index is 1240. The van der Waals surface area contributed by atoms with Crippen LogP contribution in [-0.2, 0) is 10.3 Å². The largest absolute Gasteiger partial charge is 0.497 e. The van der Waals surface area contributed by atoms with Crippen LogP contribution < -0.4 is 14.8 Å². The van der Waals surface area contributed by atoms with Crippen LogP contribution in [0.5, 0.6) is 11.5 Å². The van der Waals surface area contributed by atoms with Gasteiger partial charge in [0.15, 0.2) is 0 Å². The molecule has 2 saturated heterocycles. The summed E-state index contributed by atoms with van der Waals surface area (Å²) in [5, 5.41) is 12.6. The van der Waals surface area contributed by atoms with E-state index in [2.05, 4.69) is 17.4 Å². The number of benzene rings is 3. The molecule has 2 fully saturated rings. The standard InChI is InChI=1S/C31H34N2O5S/c1-37-24-16-12-22(13-17-24)31(21-8-4-3-5-9-21,23-14-18-25(38-2)19-15-23)33-26-20-39-27(29(26)32-30(33)36)10-6-7-11-28(34)35/h3-5,8-9,12-19,26-27,29H,6-7,10-11,20H2,1-2H3,(H,32,36)(H,34,35)/t26?,27-,29?/m0/s1. The summed E-state index contributed by atoms with van der Waals surface area (Å²) in [4.78, 5) is 27.1. The number of thioether (sulfide) groups is 1. The maximum Gasteiger partial charge on any atom is 0.319 e. The van der Waals surface area contributed by atoms with Gasteiger partial charge in [0.2, 0.25) is 0 Å². The molecule has 2 N–H and O–H groups in total. The molecule has 7 nitrogen and oxygen atoms in total. The first kappa shape index (κ1) is 26.9. The summed E-state index contributed by atoms with van der Waals surface area (Å²) in [6.45, 7) is 0. The summed E-state index contributed by atoms with van der Waals surface area (Å²) in [5.41, 5.74) is 2.02. The van der Waals surface area contributed by atoms with Crippen molar-refractivity contribution >= 4 is 23.8 Å². The summed E-state index contributed by atoms with van der Waals surface area (Å²) < 4.78 is 10.9. The molecular formula is C31H34N2O5S. The van der Waals surface area contributed by atoms with Crippen molar-refractivity contribution in [3.05, 3.63) is 95.6 Å². The van der Waals surface area contributed by atoms with Crippen molar-refractivity contribution in [1.82, 2.24) is 10.2 Å². The number of carbonyl (C=O) groups excluding carboxylic acids is 1. The quantitative estimate of drug-likeness (QED) is 0.187. The van der Waals surface area contributed by atoms with Gasteiger partial charge in [-0.05, 0) is 53.8 Å². The average molecular weight is 547 g/mol. The minimum atomic E-state index is -0.901. The van der Waals surface area contributed by atoms with E-state index in [4.69, 9.17) is 14.6 Å². The first-order valence-corrected chi connectivity index (χ1v) is 14.3. The summed E-state index contributed by atoms with van der Waals surface area (Å²) in [7, 11) is 3.29. The number of ether oxygens (including phenoxy) is 2. The maximum absolute atomic E-state index is 14.0. The monoisotopic (exact) mass is 546 g/mol. The van der Waals surface area contributed by atoms with Gasteiger partial charge >= 0.3 is 12.0 Å². The van der Waals surface area contributed by atoms with E-state index in [9.17, 15) is 9.59 Å². The van der Waals surface area contributed by atoms with Gasteiger partial charge in [0.1, 0.15) is 17.0 Å². The number of nitrogens with one attached hydrogen (secondary N) is 1. The third-order valence-electron chi connectivity index (χ3n) is 7.83. The Morgan fingerprint density at radius 3 is 2.03 bits per heavy atom. The number of hydrogen-bond acceptors (Lipinski definition) is 5. The van der Waals surface area contributed by atoms with Crippen LogP contribution in [0.25, 0.3) is 0 Å². The molecule has 0 spiro atoms. The summed E-state index contributed by atoms with van der Waals surface area (Å²) in [6, 6.07) is 26.0. The molecule has 0 aliphatic carbocycles. The highest BCUT2D eigenvalue weighted by atomic mass is 32.2. The van der Waals surface area contributed by atoms with E-state index in [1.54, 1.807) is 14.2 Å². The number of rotatable bonds is 11. The lowest BCUT2D eigenvalue weighted by Crippen LogP contribution is -2.53. The number of amides is 2. The fourth-order valence-electron chi connectivity index (χ4n) is 6.01. The minimum Gasteiger partial charge on any atom is -0.497 e. The third kappa shape index (κ3) is 5.05. The SMILES string of the molecule is COc1ccc(C(c2ccccc2)(c2ccc(OC)cc2)N2C(=O)NC3C2CS[C@H]3CCCCC(=O)O)cc1. The Balaban J connectivity index is 1.62. The highest BCUT2D eigenvalue weighted by molar-refractivity contribution is 8.00. The molecule has 0 aromatic heterocycles. The second-order valence-electron chi connectivity index (χ2n) is 9.96. The highest BCUT2D eigenvalue weighted by Gasteiger charge is 2.57. The van der Waals surface area contributed by atoms with Crippen molar-refractivity contribution in [3.63, 3.8) is 0 Å². The van der Waals surface area contributed by atoms with Gasteiger partial charge in [0.05, 0.1) is 26.3 Å². The van der Waals surface area contributed by atoms with Crippen LogP contribution in [0, 0.1) is 0 Å². The van der Waals surface area contributed by atoms with Gasteiger partial charge in [0, 0.05) is 17.4 Å². The second kappa shape index (κ2) is 11.6. The number of hydrogen-bond donors (Lipinski definition) is 2. The molecule has 2 unspecified atom stereocenters. The number of carbonyl (C=O) groups is 2. The maximum atomic E-state index is 14.0. The fourth-order valence-corrected chi connectivity index (χ4v) is 7.60. The predicted octanol–water partition coefficient (Wildman–Crippen LogP) is 5.52. The molecule has 8 heteroatoms. The molecule has 5 rings (SSSR count). The normalized spacial score (nSPS) is 20.4. The first-order valence-electron chi connectivity index (χ1n) is 13.3. The lowest BCUT2D eigenvalue weighted by atomic mass is 9.74. The molecule has 3 aromatic carbocycles. The Kier molecular flexibility index (Phi) is 8.02. The molecule has 0 radical (unpaired) electrons. The molecule has 3 aromatic rings. The number of unbranched alkanes of at least 4 members (excludes halogenated alkanes) is 1. The zero-order chi connectivity index (χ0) is 27.4. The summed E-state index contributed by atoms with van der Waals surface area (Å²) >= 11 is 1.87. The van der Waals surface area contributed by atoms with Crippen LogP contribution >= 0.6 is 11.8 Å². The molecule has 2 amide bonds. The van der Waals surface area contributed by atoms with Crippen molar-refractivity contribution < 1.29 is 24.2 Å².